The maximum absolute atomic E-state index is 10.9. The summed E-state index contributed by atoms with van der Waals surface area (Å²) >= 11 is 0. The quantitative estimate of drug-likeness (QED) is 0.664. The molecule has 1 atom stereocenters. The molecule has 0 spiro atoms. The van der Waals surface area contributed by atoms with Gasteiger partial charge in [-0.25, -0.2) is 4.79 Å². The molecule has 0 saturated carbocycles. The lowest BCUT2D eigenvalue weighted by atomic mass is 10.1. The minimum absolute atomic E-state index is 0.154. The summed E-state index contributed by atoms with van der Waals surface area (Å²) < 4.78 is 0. The van der Waals surface area contributed by atoms with Crippen molar-refractivity contribution in [2.75, 3.05) is 11.1 Å². The van der Waals surface area contributed by atoms with E-state index in [0.29, 0.717) is 11.7 Å². The summed E-state index contributed by atoms with van der Waals surface area (Å²) in [6.07, 6.45) is 3.19. The van der Waals surface area contributed by atoms with E-state index in [4.69, 9.17) is 10.8 Å². The summed E-state index contributed by atoms with van der Waals surface area (Å²) in [7, 11) is 0. The average molecular weight is 236 g/mol. The number of benzene rings is 1. The standard InChI is InChI=1S/C13H20N2O2/c1-3-5-9(4-2)15-10-6-7-12(14)11(8-10)13(16)17/h6-9,15H,3-5,14H2,1-2H3,(H,16,17). The number of rotatable bonds is 6. The van der Waals surface area contributed by atoms with Gasteiger partial charge < -0.3 is 16.2 Å². The van der Waals surface area contributed by atoms with E-state index in [0.717, 1.165) is 24.9 Å². The summed E-state index contributed by atoms with van der Waals surface area (Å²) in [5, 5.41) is 12.3. The summed E-state index contributed by atoms with van der Waals surface area (Å²) in [6.45, 7) is 4.25. The van der Waals surface area contributed by atoms with Gasteiger partial charge in [0.1, 0.15) is 0 Å². The van der Waals surface area contributed by atoms with Crippen molar-refractivity contribution in [2.24, 2.45) is 0 Å². The fraction of sp³-hybridized carbons (Fsp3) is 0.462. The van der Waals surface area contributed by atoms with E-state index < -0.39 is 5.97 Å². The van der Waals surface area contributed by atoms with E-state index in [1.54, 1.807) is 12.1 Å². The second-order valence-corrected chi connectivity index (χ2v) is 4.15. The highest BCUT2D eigenvalue weighted by Gasteiger charge is 2.10. The van der Waals surface area contributed by atoms with Crippen LogP contribution in [0.1, 0.15) is 43.5 Å². The molecule has 94 valence electrons. The molecule has 0 radical (unpaired) electrons. The Labute approximate surface area is 102 Å². The molecule has 0 fully saturated rings. The van der Waals surface area contributed by atoms with Crippen LogP contribution in [0.5, 0.6) is 0 Å². The number of carbonyl (C=O) groups is 1. The first kappa shape index (κ1) is 13.4. The molecule has 0 aliphatic heterocycles. The third-order valence-electron chi connectivity index (χ3n) is 2.78. The van der Waals surface area contributed by atoms with E-state index in [9.17, 15) is 4.79 Å². The fourth-order valence-corrected chi connectivity index (χ4v) is 1.79. The smallest absolute Gasteiger partial charge is 0.337 e. The number of nitrogens with two attached hydrogens (primary N) is 1. The Balaban J connectivity index is 2.84. The second kappa shape index (κ2) is 6.13. The van der Waals surface area contributed by atoms with Crippen LogP contribution in [-0.4, -0.2) is 17.1 Å². The highest BCUT2D eigenvalue weighted by Crippen LogP contribution is 2.20. The Morgan fingerprint density at radius 3 is 2.71 bits per heavy atom. The Kier molecular flexibility index (Phi) is 4.82. The van der Waals surface area contributed by atoms with Gasteiger partial charge in [0.15, 0.2) is 0 Å². The highest BCUT2D eigenvalue weighted by atomic mass is 16.4. The van der Waals surface area contributed by atoms with Crippen LogP contribution in [0.15, 0.2) is 18.2 Å². The molecule has 0 heterocycles. The first-order valence-corrected chi connectivity index (χ1v) is 5.97. The molecule has 4 N–H and O–H groups in total. The van der Waals surface area contributed by atoms with Crippen LogP contribution < -0.4 is 11.1 Å². The van der Waals surface area contributed by atoms with Gasteiger partial charge >= 0.3 is 5.97 Å². The molecule has 1 unspecified atom stereocenters. The number of anilines is 2. The number of nitrogens with one attached hydrogen (secondary N) is 1. The normalized spacial score (nSPS) is 12.1. The molecule has 0 bridgehead atoms. The van der Waals surface area contributed by atoms with Crippen molar-refractivity contribution in [3.05, 3.63) is 23.8 Å². The van der Waals surface area contributed by atoms with E-state index >= 15 is 0 Å². The Morgan fingerprint density at radius 1 is 1.47 bits per heavy atom. The predicted molar refractivity (Wildman–Crippen MR) is 70.4 cm³/mol. The lowest BCUT2D eigenvalue weighted by Crippen LogP contribution is -2.18. The maximum Gasteiger partial charge on any atom is 0.337 e. The van der Waals surface area contributed by atoms with Gasteiger partial charge in [0.25, 0.3) is 0 Å². The topological polar surface area (TPSA) is 75.3 Å². The molecule has 4 nitrogen and oxygen atoms in total. The van der Waals surface area contributed by atoms with Crippen molar-refractivity contribution in [1.29, 1.82) is 0 Å². The van der Waals surface area contributed by atoms with E-state index in [1.807, 2.05) is 6.07 Å². The molecule has 0 aliphatic carbocycles. The van der Waals surface area contributed by atoms with Crippen molar-refractivity contribution in [3.63, 3.8) is 0 Å². The van der Waals surface area contributed by atoms with Gasteiger partial charge in [-0.2, -0.15) is 0 Å². The zero-order valence-corrected chi connectivity index (χ0v) is 10.4. The lowest BCUT2D eigenvalue weighted by molar-refractivity contribution is 0.0698. The minimum atomic E-state index is -0.991. The molecular weight excluding hydrogens is 216 g/mol. The molecule has 4 heteroatoms. The highest BCUT2D eigenvalue weighted by molar-refractivity contribution is 5.94. The molecule has 1 aromatic rings. The molecule has 0 aliphatic rings. The van der Waals surface area contributed by atoms with Gasteiger partial charge in [-0.3, -0.25) is 0 Å². The average Bonchev–Trinajstić information content (AvgIpc) is 2.30. The predicted octanol–water partition coefficient (Wildman–Crippen LogP) is 2.96. The van der Waals surface area contributed by atoms with Crippen molar-refractivity contribution >= 4 is 17.3 Å². The van der Waals surface area contributed by atoms with Crippen LogP contribution in [0.2, 0.25) is 0 Å². The van der Waals surface area contributed by atoms with Gasteiger partial charge in [0.2, 0.25) is 0 Å². The summed E-state index contributed by atoms with van der Waals surface area (Å²) in [4.78, 5) is 10.9. The number of hydrogen-bond donors (Lipinski definition) is 3. The maximum atomic E-state index is 10.9. The molecule has 1 rings (SSSR count). The molecular formula is C13H20N2O2. The molecule has 1 aromatic carbocycles. The molecule has 0 aromatic heterocycles. The summed E-state index contributed by atoms with van der Waals surface area (Å²) in [5.74, 6) is -0.991. The van der Waals surface area contributed by atoms with Crippen LogP contribution in [0.25, 0.3) is 0 Å². The van der Waals surface area contributed by atoms with Crippen molar-refractivity contribution in [3.8, 4) is 0 Å². The molecule has 17 heavy (non-hydrogen) atoms. The third kappa shape index (κ3) is 3.66. The minimum Gasteiger partial charge on any atom is -0.478 e. The van der Waals surface area contributed by atoms with Gasteiger partial charge in [-0.05, 0) is 31.0 Å². The molecule has 0 saturated heterocycles. The second-order valence-electron chi connectivity index (χ2n) is 4.15. The van der Waals surface area contributed by atoms with Gasteiger partial charge in [0.05, 0.1) is 5.56 Å². The number of carboxylic acid groups (broad SMARTS) is 1. The first-order valence-electron chi connectivity index (χ1n) is 5.97. The molecule has 0 amide bonds. The van der Waals surface area contributed by atoms with Crippen molar-refractivity contribution in [2.45, 2.75) is 39.2 Å². The van der Waals surface area contributed by atoms with Gasteiger partial charge in [-0.1, -0.05) is 20.3 Å². The van der Waals surface area contributed by atoms with Crippen LogP contribution in [0.3, 0.4) is 0 Å². The van der Waals surface area contributed by atoms with E-state index in [2.05, 4.69) is 19.2 Å². The van der Waals surface area contributed by atoms with Crippen LogP contribution in [-0.2, 0) is 0 Å². The number of aromatic carboxylic acids is 1. The first-order chi connectivity index (χ1) is 8.08. The fourth-order valence-electron chi connectivity index (χ4n) is 1.79. The number of carboxylic acids is 1. The zero-order valence-electron chi connectivity index (χ0n) is 10.4. The zero-order chi connectivity index (χ0) is 12.8. The van der Waals surface area contributed by atoms with Gasteiger partial charge in [0, 0.05) is 17.4 Å². The Morgan fingerprint density at radius 2 is 2.18 bits per heavy atom. The third-order valence-corrected chi connectivity index (χ3v) is 2.78. The lowest BCUT2D eigenvalue weighted by Gasteiger charge is -2.18. The number of hydrogen-bond acceptors (Lipinski definition) is 3. The van der Waals surface area contributed by atoms with Crippen molar-refractivity contribution < 1.29 is 9.90 Å². The number of nitrogen functional groups attached to an aromatic ring is 1. The summed E-state index contributed by atoms with van der Waals surface area (Å²) in [5.41, 5.74) is 6.87. The van der Waals surface area contributed by atoms with E-state index in [-0.39, 0.29) is 5.56 Å². The van der Waals surface area contributed by atoms with Crippen LogP contribution in [0.4, 0.5) is 11.4 Å². The Hall–Kier alpha value is -1.71. The Bertz CT molecular complexity index is 391. The largest absolute Gasteiger partial charge is 0.478 e. The SMILES string of the molecule is CCCC(CC)Nc1ccc(N)c(C(=O)O)c1. The summed E-state index contributed by atoms with van der Waals surface area (Å²) in [6, 6.07) is 5.42. The van der Waals surface area contributed by atoms with Crippen LogP contribution >= 0.6 is 0 Å². The van der Waals surface area contributed by atoms with Crippen molar-refractivity contribution in [1.82, 2.24) is 0 Å². The van der Waals surface area contributed by atoms with E-state index in [1.165, 1.54) is 0 Å². The monoisotopic (exact) mass is 236 g/mol. The van der Waals surface area contributed by atoms with Gasteiger partial charge in [-0.15, -0.1) is 0 Å². The van der Waals surface area contributed by atoms with Crippen LogP contribution in [0, 0.1) is 0 Å².